The molecule has 2 nitrogen and oxygen atoms in total. The molecule has 0 atom stereocenters. The van der Waals surface area contributed by atoms with Crippen LogP contribution in [-0.2, 0) is 0 Å². The molecule has 0 spiro atoms. The number of unbranched alkanes of at least 4 members (excludes halogenated alkanes) is 2. The molecule has 0 aromatic rings. The molecule has 0 aromatic heterocycles. The topological polar surface area (TPSA) is 34.4 Å². The summed E-state index contributed by atoms with van der Waals surface area (Å²) in [6.45, 7) is 7.23. The van der Waals surface area contributed by atoms with Crippen LogP contribution in [0.3, 0.4) is 0 Å². The van der Waals surface area contributed by atoms with Crippen molar-refractivity contribution in [3.05, 3.63) is 0 Å². The average Bonchev–Trinajstić information content (AvgIpc) is 1.97. The maximum absolute atomic E-state index is 2.30. The van der Waals surface area contributed by atoms with Crippen molar-refractivity contribution in [3.8, 4) is 0 Å². The Balaban J connectivity index is 0. The molecule has 11 heavy (non-hydrogen) atoms. The zero-order valence-corrected chi connectivity index (χ0v) is 8.19. The van der Waals surface area contributed by atoms with Crippen molar-refractivity contribution in [2.24, 2.45) is 0 Å². The maximum atomic E-state index is 2.30. The van der Waals surface area contributed by atoms with E-state index < -0.39 is 0 Å². The summed E-state index contributed by atoms with van der Waals surface area (Å²) in [5, 5.41) is 0. The molecule has 0 fully saturated rings. The van der Waals surface area contributed by atoms with Gasteiger partial charge in [0.05, 0.1) is 20.1 Å². The second kappa shape index (κ2) is 9.92. The van der Waals surface area contributed by atoms with Crippen molar-refractivity contribution in [1.82, 2.24) is 0 Å². The Morgan fingerprint density at radius 2 is 1.27 bits per heavy atom. The fraction of sp³-hybridized carbons (Fsp3) is 1.00. The highest BCUT2D eigenvalue weighted by atomic mass is 16.0. The van der Waals surface area contributed by atoms with E-state index in [2.05, 4.69) is 20.9 Å². The molecule has 0 aliphatic carbocycles. The third-order valence-electron chi connectivity index (χ3n) is 1.91. The van der Waals surface area contributed by atoms with Gasteiger partial charge in [0.25, 0.3) is 0 Å². The van der Waals surface area contributed by atoms with Crippen molar-refractivity contribution < 1.29 is 10.4 Å². The number of hydrogen-bond donors (Lipinski definition) is 1. The minimum atomic E-state index is 0. The van der Waals surface area contributed by atoms with Crippen LogP contribution in [0.25, 0.3) is 0 Å². The molecule has 2 N–H and O–H groups in total. The van der Waals surface area contributed by atoms with Gasteiger partial charge in [0, 0.05) is 0 Å². The van der Waals surface area contributed by atoms with E-state index in [1.165, 1.54) is 38.8 Å². The van der Waals surface area contributed by atoms with Crippen LogP contribution in [0.5, 0.6) is 0 Å². The molecule has 2 heteroatoms. The molecule has 0 bridgehead atoms. The highest BCUT2D eigenvalue weighted by Gasteiger charge is 1.97. The molecule has 0 saturated carbocycles. The van der Waals surface area contributed by atoms with Crippen molar-refractivity contribution >= 4 is 0 Å². The first kappa shape index (κ1) is 13.5. The van der Waals surface area contributed by atoms with Gasteiger partial charge in [-0.15, -0.1) is 0 Å². The third kappa shape index (κ3) is 9.92. The summed E-state index contributed by atoms with van der Waals surface area (Å²) in [5.41, 5.74) is 0. The van der Waals surface area contributed by atoms with Crippen LogP contribution in [0, 0.1) is 0 Å². The van der Waals surface area contributed by atoms with Crippen LogP contribution in [0.1, 0.15) is 39.5 Å². The smallest absolute Gasteiger partial charge is 0.0768 e. The predicted molar refractivity (Wildman–Crippen MR) is 48.4 cm³/mol. The molecule has 0 rings (SSSR count). The van der Waals surface area contributed by atoms with Crippen LogP contribution < -0.4 is 4.90 Å². The standard InChI is InChI=1S/C9H21N.H2O/c1-4-6-8-10(3)9-7-5-2;/h4-9H2,1-3H3;1H2. The molecule has 0 unspecified atom stereocenters. The number of nitrogens with one attached hydrogen (secondary N) is 1. The summed E-state index contributed by atoms with van der Waals surface area (Å²) in [4.78, 5) is 1.70. The SMILES string of the molecule is CCCC[NH+](C)CCCC.[OH-]. The second-order valence-electron chi connectivity index (χ2n) is 3.16. The summed E-state index contributed by atoms with van der Waals surface area (Å²) in [5.74, 6) is 0. The van der Waals surface area contributed by atoms with Gasteiger partial charge < -0.3 is 10.4 Å². The summed E-state index contributed by atoms with van der Waals surface area (Å²) in [6.07, 6.45) is 5.44. The van der Waals surface area contributed by atoms with E-state index in [0.29, 0.717) is 0 Å². The number of hydrogen-bond acceptors (Lipinski definition) is 1. The molecule has 0 saturated heterocycles. The zero-order valence-electron chi connectivity index (χ0n) is 8.19. The highest BCUT2D eigenvalue weighted by molar-refractivity contribution is 4.31. The number of rotatable bonds is 6. The molecule has 0 aliphatic heterocycles. The Kier molecular flexibility index (Phi) is 12.2. The minimum absolute atomic E-state index is 0. The first-order valence-electron chi connectivity index (χ1n) is 4.62. The van der Waals surface area contributed by atoms with E-state index >= 15 is 0 Å². The number of quaternary nitrogens is 1. The van der Waals surface area contributed by atoms with Crippen LogP contribution >= 0.6 is 0 Å². The highest BCUT2D eigenvalue weighted by Crippen LogP contribution is 1.81. The van der Waals surface area contributed by atoms with Gasteiger partial charge in [-0.3, -0.25) is 0 Å². The summed E-state index contributed by atoms with van der Waals surface area (Å²) in [7, 11) is 2.30. The second-order valence-corrected chi connectivity index (χ2v) is 3.16. The normalized spacial score (nSPS) is 9.82. The third-order valence-corrected chi connectivity index (χ3v) is 1.91. The Labute approximate surface area is 70.9 Å². The zero-order chi connectivity index (χ0) is 7.82. The largest absolute Gasteiger partial charge is 0.870 e. The molecular formula is C9H23NO. The first-order chi connectivity index (χ1) is 4.81. The van der Waals surface area contributed by atoms with E-state index in [9.17, 15) is 0 Å². The van der Waals surface area contributed by atoms with Crippen LogP contribution in [-0.4, -0.2) is 25.6 Å². The molecule has 0 aliphatic rings. The summed E-state index contributed by atoms with van der Waals surface area (Å²) < 4.78 is 0. The Bertz CT molecular complexity index is 58.6. The van der Waals surface area contributed by atoms with Gasteiger partial charge in [-0.2, -0.15) is 0 Å². The van der Waals surface area contributed by atoms with Gasteiger partial charge in [-0.25, -0.2) is 0 Å². The summed E-state index contributed by atoms with van der Waals surface area (Å²) in [6, 6.07) is 0. The van der Waals surface area contributed by atoms with Crippen molar-refractivity contribution in [2.45, 2.75) is 39.5 Å². The van der Waals surface area contributed by atoms with E-state index in [1.54, 1.807) is 4.90 Å². The van der Waals surface area contributed by atoms with Gasteiger partial charge in [0.15, 0.2) is 0 Å². The van der Waals surface area contributed by atoms with E-state index in [4.69, 9.17) is 0 Å². The van der Waals surface area contributed by atoms with Gasteiger partial charge in [-0.05, 0) is 12.8 Å². The Hall–Kier alpha value is -0.0800. The summed E-state index contributed by atoms with van der Waals surface area (Å²) >= 11 is 0. The monoisotopic (exact) mass is 161 g/mol. The minimum Gasteiger partial charge on any atom is -0.870 e. The fourth-order valence-corrected chi connectivity index (χ4v) is 1.08. The van der Waals surface area contributed by atoms with Crippen LogP contribution in [0.15, 0.2) is 0 Å². The molecule has 0 heterocycles. The van der Waals surface area contributed by atoms with Crippen molar-refractivity contribution in [2.75, 3.05) is 20.1 Å². The van der Waals surface area contributed by atoms with Crippen LogP contribution in [0.2, 0.25) is 0 Å². The predicted octanol–water partition coefficient (Wildman–Crippen LogP) is 0.925. The lowest BCUT2D eigenvalue weighted by molar-refractivity contribution is -0.880. The van der Waals surface area contributed by atoms with Gasteiger partial charge in [0.1, 0.15) is 0 Å². The van der Waals surface area contributed by atoms with Crippen molar-refractivity contribution in [1.29, 1.82) is 0 Å². The molecule has 0 aromatic carbocycles. The van der Waals surface area contributed by atoms with Gasteiger partial charge >= 0.3 is 0 Å². The maximum Gasteiger partial charge on any atom is 0.0768 e. The van der Waals surface area contributed by atoms with Gasteiger partial charge in [0.2, 0.25) is 0 Å². The van der Waals surface area contributed by atoms with E-state index in [-0.39, 0.29) is 5.48 Å². The Morgan fingerprint density at radius 1 is 0.909 bits per heavy atom. The fourth-order valence-electron chi connectivity index (χ4n) is 1.08. The molecular weight excluding hydrogens is 138 g/mol. The lowest BCUT2D eigenvalue weighted by Crippen LogP contribution is -3.08. The molecule has 70 valence electrons. The first-order valence-corrected chi connectivity index (χ1v) is 4.62. The molecule has 0 radical (unpaired) electrons. The van der Waals surface area contributed by atoms with Gasteiger partial charge in [-0.1, -0.05) is 26.7 Å². The average molecular weight is 161 g/mol. The molecule has 0 amide bonds. The van der Waals surface area contributed by atoms with E-state index in [1.807, 2.05) is 0 Å². The lowest BCUT2D eigenvalue weighted by atomic mass is 10.3. The Morgan fingerprint density at radius 3 is 1.55 bits per heavy atom. The van der Waals surface area contributed by atoms with Crippen LogP contribution in [0.4, 0.5) is 0 Å². The van der Waals surface area contributed by atoms with Crippen molar-refractivity contribution in [3.63, 3.8) is 0 Å². The lowest BCUT2D eigenvalue weighted by Gasteiger charge is -2.11. The van der Waals surface area contributed by atoms with E-state index in [0.717, 1.165) is 0 Å². The quantitative estimate of drug-likeness (QED) is 0.618.